The third-order valence-corrected chi connectivity index (χ3v) is 4.21. The Kier molecular flexibility index (Phi) is 4.83. The lowest BCUT2D eigenvalue weighted by Crippen LogP contribution is -2.13. The molecule has 0 aliphatic rings. The molecule has 1 rings (SSSR count). The van der Waals surface area contributed by atoms with Crippen molar-refractivity contribution in [3.05, 3.63) is 30.9 Å². The molecule has 1 atom stereocenters. The summed E-state index contributed by atoms with van der Waals surface area (Å²) in [5, 5.41) is 3.28. The predicted molar refractivity (Wildman–Crippen MR) is 71.0 cm³/mol. The monoisotopic (exact) mass is 337 g/mol. The normalized spacial score (nSPS) is 12.6. The minimum absolute atomic E-state index is 0.289. The molecule has 1 aromatic heterocycles. The summed E-state index contributed by atoms with van der Waals surface area (Å²) in [6, 6.07) is 2.44. The van der Waals surface area contributed by atoms with Gasteiger partial charge in [-0.15, -0.1) is 11.3 Å². The molecule has 0 saturated heterocycles. The number of nitrogens with one attached hydrogen (secondary N) is 1. The van der Waals surface area contributed by atoms with Gasteiger partial charge < -0.3 is 5.32 Å². The zero-order valence-electron chi connectivity index (χ0n) is 8.40. The van der Waals surface area contributed by atoms with Crippen LogP contribution in [0.5, 0.6) is 0 Å². The molecule has 1 heterocycles. The van der Waals surface area contributed by atoms with E-state index in [-0.39, 0.29) is 6.04 Å². The Morgan fingerprint density at radius 2 is 2.14 bits per heavy atom. The zero-order valence-corrected chi connectivity index (χ0v) is 12.4. The first-order valence-electron chi connectivity index (χ1n) is 4.31. The molecule has 1 nitrogen and oxygen atoms in total. The van der Waals surface area contributed by atoms with Gasteiger partial charge >= 0.3 is 0 Å². The number of hydrogen-bond acceptors (Lipinski definition) is 2. The highest BCUT2D eigenvalue weighted by Crippen LogP contribution is 2.36. The average Bonchev–Trinajstić information content (AvgIpc) is 2.41. The summed E-state index contributed by atoms with van der Waals surface area (Å²) in [6.45, 7) is 4.22. The Morgan fingerprint density at radius 3 is 2.50 bits per heavy atom. The number of likely N-dealkylation sites (N-methyl/N-ethyl adjacent to an activating group) is 1. The van der Waals surface area contributed by atoms with Gasteiger partial charge in [-0.3, -0.25) is 0 Å². The summed E-state index contributed by atoms with van der Waals surface area (Å²) in [5.41, 5.74) is 2.60. The molecule has 1 unspecified atom stereocenters. The molecule has 0 saturated carbocycles. The summed E-state index contributed by atoms with van der Waals surface area (Å²) < 4.78 is 2.34. The van der Waals surface area contributed by atoms with Crippen LogP contribution in [0, 0.1) is 0 Å². The Balaban J connectivity index is 3.00. The molecule has 0 fully saturated rings. The highest BCUT2D eigenvalue weighted by Gasteiger charge is 2.12. The molecule has 0 amide bonds. The smallest absolute Gasteiger partial charge is 0.0761 e. The van der Waals surface area contributed by atoms with E-state index in [1.807, 2.05) is 7.05 Å². The van der Waals surface area contributed by atoms with Crippen LogP contribution in [0.25, 0.3) is 0 Å². The van der Waals surface area contributed by atoms with Crippen molar-refractivity contribution in [1.29, 1.82) is 0 Å². The van der Waals surface area contributed by atoms with E-state index in [4.69, 9.17) is 0 Å². The first-order valence-corrected chi connectivity index (χ1v) is 6.72. The lowest BCUT2D eigenvalue weighted by Gasteiger charge is -2.11. The summed E-state index contributed by atoms with van der Waals surface area (Å²) in [6.07, 6.45) is 2.22. The minimum atomic E-state index is 0.289. The van der Waals surface area contributed by atoms with E-state index in [0.717, 1.165) is 3.79 Å². The second kappa shape index (κ2) is 5.45. The van der Waals surface area contributed by atoms with Crippen LogP contribution in [0.4, 0.5) is 0 Å². The molecule has 4 heteroatoms. The lowest BCUT2D eigenvalue weighted by atomic mass is 10.1. The lowest BCUT2D eigenvalue weighted by molar-refractivity contribution is 0.710. The van der Waals surface area contributed by atoms with Gasteiger partial charge in [-0.05, 0) is 64.4 Å². The predicted octanol–water partition coefficient (Wildman–Crippen LogP) is 4.50. The maximum atomic E-state index is 3.57. The van der Waals surface area contributed by atoms with Gasteiger partial charge in [0.15, 0.2) is 0 Å². The summed E-state index contributed by atoms with van der Waals surface area (Å²) >= 11 is 8.76. The van der Waals surface area contributed by atoms with Crippen molar-refractivity contribution >= 4 is 43.2 Å². The molecular formula is C10H13Br2NS. The van der Waals surface area contributed by atoms with E-state index in [0.29, 0.717) is 0 Å². The van der Waals surface area contributed by atoms with Crippen LogP contribution >= 0.6 is 43.2 Å². The van der Waals surface area contributed by atoms with Gasteiger partial charge in [-0.25, -0.2) is 0 Å². The first kappa shape index (κ1) is 12.4. The molecule has 0 radical (unpaired) electrons. The topological polar surface area (TPSA) is 12.0 Å². The number of allylic oxidation sites excluding steroid dienone is 1. The molecule has 0 spiro atoms. The molecule has 0 aromatic carbocycles. The molecule has 1 aromatic rings. The van der Waals surface area contributed by atoms with Gasteiger partial charge in [-0.1, -0.05) is 11.6 Å². The third kappa shape index (κ3) is 3.19. The number of thiophene rings is 1. The van der Waals surface area contributed by atoms with Crippen LogP contribution in [0.1, 0.15) is 25.5 Å². The molecule has 1 N–H and O–H groups in total. The molecule has 78 valence electrons. The zero-order chi connectivity index (χ0) is 10.7. The van der Waals surface area contributed by atoms with Crippen molar-refractivity contribution in [2.24, 2.45) is 0 Å². The fourth-order valence-electron chi connectivity index (χ4n) is 1.23. The maximum absolute atomic E-state index is 3.57. The Bertz CT molecular complexity index is 340. The van der Waals surface area contributed by atoms with Crippen LogP contribution in [-0.4, -0.2) is 7.05 Å². The fraction of sp³-hybridized carbons (Fsp3) is 0.400. The van der Waals surface area contributed by atoms with Crippen molar-refractivity contribution in [1.82, 2.24) is 5.32 Å². The average molecular weight is 339 g/mol. The van der Waals surface area contributed by atoms with E-state index in [1.54, 1.807) is 11.3 Å². The fourth-order valence-corrected chi connectivity index (χ4v) is 4.16. The number of hydrogen-bond donors (Lipinski definition) is 1. The van der Waals surface area contributed by atoms with E-state index in [9.17, 15) is 0 Å². The largest absolute Gasteiger partial charge is 0.310 e. The van der Waals surface area contributed by atoms with Gasteiger partial charge in [-0.2, -0.15) is 0 Å². The number of halogens is 2. The molecule has 14 heavy (non-hydrogen) atoms. The van der Waals surface area contributed by atoms with Crippen LogP contribution in [0.15, 0.2) is 25.3 Å². The Labute approximate surface area is 106 Å². The molecule has 0 aliphatic carbocycles. The van der Waals surface area contributed by atoms with Crippen LogP contribution in [0.2, 0.25) is 0 Å². The van der Waals surface area contributed by atoms with Crippen molar-refractivity contribution in [3.8, 4) is 0 Å². The quantitative estimate of drug-likeness (QED) is 0.800. The van der Waals surface area contributed by atoms with Crippen LogP contribution < -0.4 is 5.32 Å². The van der Waals surface area contributed by atoms with Gasteiger partial charge in [0, 0.05) is 0 Å². The highest BCUT2D eigenvalue weighted by molar-refractivity contribution is 9.12. The van der Waals surface area contributed by atoms with E-state index >= 15 is 0 Å². The second-order valence-corrected chi connectivity index (χ2v) is 7.04. The standard InChI is InChI=1S/C10H13Br2NS/c1-6(2)4-8(13-3)7-5-9(11)14-10(7)12/h4-5,8,13H,1-3H3. The Morgan fingerprint density at radius 1 is 1.50 bits per heavy atom. The SMILES string of the molecule is CNC(C=C(C)C)c1cc(Br)sc1Br. The molecular weight excluding hydrogens is 326 g/mol. The van der Waals surface area contributed by atoms with E-state index in [2.05, 4.69) is 63.2 Å². The van der Waals surface area contributed by atoms with Crippen molar-refractivity contribution in [2.45, 2.75) is 19.9 Å². The first-order chi connectivity index (χ1) is 6.54. The second-order valence-electron chi connectivity index (χ2n) is 3.29. The summed E-state index contributed by atoms with van der Waals surface area (Å²) in [5.74, 6) is 0. The molecule has 0 aliphatic heterocycles. The maximum Gasteiger partial charge on any atom is 0.0761 e. The van der Waals surface area contributed by atoms with Crippen LogP contribution in [-0.2, 0) is 0 Å². The van der Waals surface area contributed by atoms with Crippen molar-refractivity contribution in [2.75, 3.05) is 7.05 Å². The van der Waals surface area contributed by atoms with Gasteiger partial charge in [0.05, 0.1) is 13.6 Å². The van der Waals surface area contributed by atoms with Crippen molar-refractivity contribution in [3.63, 3.8) is 0 Å². The third-order valence-electron chi connectivity index (χ3n) is 1.83. The van der Waals surface area contributed by atoms with Gasteiger partial charge in [0.2, 0.25) is 0 Å². The van der Waals surface area contributed by atoms with Crippen molar-refractivity contribution < 1.29 is 0 Å². The van der Waals surface area contributed by atoms with E-state index in [1.165, 1.54) is 14.9 Å². The highest BCUT2D eigenvalue weighted by atomic mass is 79.9. The Hall–Kier alpha value is 0.360. The number of rotatable bonds is 3. The summed E-state index contributed by atoms with van der Waals surface area (Å²) in [4.78, 5) is 0. The van der Waals surface area contributed by atoms with E-state index < -0.39 is 0 Å². The van der Waals surface area contributed by atoms with Crippen LogP contribution in [0.3, 0.4) is 0 Å². The molecule has 0 bridgehead atoms. The van der Waals surface area contributed by atoms with Gasteiger partial charge in [0.1, 0.15) is 0 Å². The van der Waals surface area contributed by atoms with Gasteiger partial charge in [0.25, 0.3) is 0 Å². The minimum Gasteiger partial charge on any atom is -0.310 e. The summed E-state index contributed by atoms with van der Waals surface area (Å²) in [7, 11) is 1.97.